The first-order chi connectivity index (χ1) is 19.9. The number of carboxylic acids is 1. The van der Waals surface area contributed by atoms with Gasteiger partial charge in [0.25, 0.3) is 0 Å². The van der Waals surface area contributed by atoms with E-state index in [1.807, 2.05) is 48.5 Å². The lowest BCUT2D eigenvalue weighted by Gasteiger charge is -2.32. The predicted octanol–water partition coefficient (Wildman–Crippen LogP) is 6.40. The van der Waals surface area contributed by atoms with Crippen molar-refractivity contribution in [2.24, 2.45) is 5.92 Å². The summed E-state index contributed by atoms with van der Waals surface area (Å²) in [5, 5.41) is 8.82. The second-order valence-corrected chi connectivity index (χ2v) is 11.0. The fourth-order valence-corrected chi connectivity index (χ4v) is 5.65. The topological polar surface area (TPSA) is 79.3 Å². The van der Waals surface area contributed by atoms with Gasteiger partial charge in [0.2, 0.25) is 0 Å². The quantitative estimate of drug-likeness (QED) is 0.245. The van der Waals surface area contributed by atoms with Gasteiger partial charge >= 0.3 is 5.97 Å². The van der Waals surface area contributed by atoms with Gasteiger partial charge in [-0.1, -0.05) is 24.3 Å². The molecule has 0 amide bonds. The normalized spacial score (nSPS) is 15.7. The lowest BCUT2D eigenvalue weighted by molar-refractivity contribution is -0.139. The summed E-state index contributed by atoms with van der Waals surface area (Å²) in [5.74, 6) is 0.869. The monoisotopic (exact) mass is 632 g/mol. The first-order valence-corrected chi connectivity index (χ1v) is 14.3. The minimum Gasteiger partial charge on any atom is -0.492 e. The molecule has 3 aromatic rings. The summed E-state index contributed by atoms with van der Waals surface area (Å²) in [5.41, 5.74) is 3.90. The lowest BCUT2D eigenvalue weighted by Crippen LogP contribution is -2.33. The highest BCUT2D eigenvalue weighted by Crippen LogP contribution is 2.28. The van der Waals surface area contributed by atoms with Gasteiger partial charge in [-0.25, -0.2) is 9.18 Å². The van der Waals surface area contributed by atoms with Crippen LogP contribution in [0.1, 0.15) is 52.7 Å². The standard InChI is InChI=1S/C33H37FN2O5.2ClH/c34-29-8-4-25(5-9-29)20-36-16-17-40-32-11-7-27(19-28(32)22-36)31(37)10-6-24-12-14-35(15-13-24)21-26-2-1-3-30(18-26)41-23-33(38)39;;/h1-5,7-9,11,18-19,24H,6,10,12-17,20-23H2,(H,38,39);2*1H. The van der Waals surface area contributed by atoms with E-state index in [1.54, 1.807) is 6.07 Å². The zero-order valence-corrected chi connectivity index (χ0v) is 25.7. The number of hydrogen-bond donors (Lipinski definition) is 1. The molecular formula is C33H39Cl2FN2O5. The van der Waals surface area contributed by atoms with Crippen LogP contribution in [0.2, 0.25) is 0 Å². The molecule has 2 heterocycles. The zero-order valence-electron chi connectivity index (χ0n) is 24.1. The molecule has 0 unspecified atom stereocenters. The summed E-state index contributed by atoms with van der Waals surface area (Å²) in [7, 11) is 0. The van der Waals surface area contributed by atoms with Crippen LogP contribution >= 0.6 is 24.8 Å². The van der Waals surface area contributed by atoms with Crippen LogP contribution in [0, 0.1) is 11.7 Å². The molecule has 0 atom stereocenters. The van der Waals surface area contributed by atoms with Crippen LogP contribution in [0.15, 0.2) is 66.7 Å². The van der Waals surface area contributed by atoms with Crippen molar-refractivity contribution < 1.29 is 28.6 Å². The SMILES string of the molecule is Cl.Cl.O=C(O)COc1cccc(CN2CCC(CCC(=O)c3ccc4c(c3)CN(Cc3ccc(F)cc3)CCO4)CC2)c1. The molecule has 0 aliphatic carbocycles. The fraction of sp³-hybridized carbons (Fsp3) is 0.394. The van der Waals surface area contributed by atoms with E-state index >= 15 is 0 Å². The number of hydrogen-bond acceptors (Lipinski definition) is 6. The summed E-state index contributed by atoms with van der Waals surface area (Å²) in [4.78, 5) is 28.6. The van der Waals surface area contributed by atoms with Gasteiger partial charge in [-0.15, -0.1) is 24.8 Å². The van der Waals surface area contributed by atoms with E-state index in [-0.39, 0.29) is 43.0 Å². The third-order valence-electron chi connectivity index (χ3n) is 7.91. The maximum absolute atomic E-state index is 13.3. The molecule has 0 spiro atoms. The Hall–Kier alpha value is -3.17. The number of nitrogens with zero attached hydrogens (tertiary/aromatic N) is 2. The van der Waals surface area contributed by atoms with Gasteiger partial charge in [-0.05, 0) is 91.9 Å². The van der Waals surface area contributed by atoms with Gasteiger partial charge in [-0.2, -0.15) is 0 Å². The average Bonchev–Trinajstić information content (AvgIpc) is 3.18. The number of ketones is 1. The number of ether oxygens (including phenoxy) is 2. The number of halogens is 3. The van der Waals surface area contributed by atoms with Crippen LogP contribution in [0.5, 0.6) is 11.5 Å². The van der Waals surface area contributed by atoms with Crippen molar-refractivity contribution in [2.45, 2.75) is 45.3 Å². The van der Waals surface area contributed by atoms with Gasteiger partial charge in [-0.3, -0.25) is 14.6 Å². The Morgan fingerprint density at radius 2 is 1.65 bits per heavy atom. The summed E-state index contributed by atoms with van der Waals surface area (Å²) in [6, 6.07) is 20.0. The van der Waals surface area contributed by atoms with Crippen molar-refractivity contribution >= 4 is 36.6 Å². The van der Waals surface area contributed by atoms with Gasteiger partial charge in [0, 0.05) is 43.7 Å². The van der Waals surface area contributed by atoms with E-state index in [9.17, 15) is 14.0 Å². The Morgan fingerprint density at radius 3 is 2.40 bits per heavy atom. The molecule has 3 aromatic carbocycles. The molecule has 7 nitrogen and oxygen atoms in total. The number of fused-ring (bicyclic) bond motifs is 1. The second kappa shape index (κ2) is 16.6. The molecule has 0 aromatic heterocycles. The number of Topliss-reactive ketones (excluding diaryl/α,β-unsaturated/α-hetero) is 1. The van der Waals surface area contributed by atoms with Crippen molar-refractivity contribution in [3.63, 3.8) is 0 Å². The molecule has 10 heteroatoms. The smallest absolute Gasteiger partial charge is 0.341 e. The van der Waals surface area contributed by atoms with Crippen molar-refractivity contribution in [3.05, 3.63) is 94.8 Å². The second-order valence-electron chi connectivity index (χ2n) is 11.0. The van der Waals surface area contributed by atoms with Crippen molar-refractivity contribution in [2.75, 3.05) is 32.8 Å². The highest BCUT2D eigenvalue weighted by Gasteiger charge is 2.22. The minimum absolute atomic E-state index is 0. The summed E-state index contributed by atoms with van der Waals surface area (Å²) in [6.45, 7) is 5.11. The Bertz CT molecular complexity index is 1350. The van der Waals surface area contributed by atoms with E-state index < -0.39 is 5.97 Å². The molecule has 1 N–H and O–H groups in total. The van der Waals surface area contributed by atoms with Crippen LogP contribution < -0.4 is 9.47 Å². The molecule has 0 radical (unpaired) electrons. The Balaban J connectivity index is 0.00000253. The van der Waals surface area contributed by atoms with E-state index in [0.717, 1.165) is 73.4 Å². The minimum atomic E-state index is -0.989. The van der Waals surface area contributed by atoms with E-state index in [0.29, 0.717) is 37.8 Å². The molecule has 43 heavy (non-hydrogen) atoms. The van der Waals surface area contributed by atoms with E-state index in [1.165, 1.54) is 12.1 Å². The summed E-state index contributed by atoms with van der Waals surface area (Å²) < 4.78 is 24.6. The number of likely N-dealkylation sites (tertiary alicyclic amines) is 1. The fourth-order valence-electron chi connectivity index (χ4n) is 5.65. The van der Waals surface area contributed by atoms with Gasteiger partial charge in [0.1, 0.15) is 23.9 Å². The number of carbonyl (C=O) groups is 2. The van der Waals surface area contributed by atoms with Crippen LogP contribution in [-0.2, 0) is 24.4 Å². The molecule has 1 fully saturated rings. The molecule has 0 bridgehead atoms. The third kappa shape index (κ3) is 10.2. The first kappa shape index (κ1) is 34.3. The molecule has 2 aliphatic heterocycles. The number of benzene rings is 3. The Labute approximate surface area is 264 Å². The lowest BCUT2D eigenvalue weighted by atomic mass is 9.90. The average molecular weight is 634 g/mol. The number of piperidine rings is 1. The zero-order chi connectivity index (χ0) is 28.6. The molecular weight excluding hydrogens is 594 g/mol. The molecule has 5 rings (SSSR count). The van der Waals surface area contributed by atoms with Crippen LogP contribution in [0.3, 0.4) is 0 Å². The maximum atomic E-state index is 13.3. The third-order valence-corrected chi connectivity index (χ3v) is 7.91. The molecule has 232 valence electrons. The van der Waals surface area contributed by atoms with Crippen molar-refractivity contribution in [1.82, 2.24) is 9.80 Å². The van der Waals surface area contributed by atoms with Gasteiger partial charge in [0.15, 0.2) is 12.4 Å². The van der Waals surface area contributed by atoms with Crippen molar-refractivity contribution in [1.29, 1.82) is 0 Å². The van der Waals surface area contributed by atoms with E-state index in [2.05, 4.69) is 9.80 Å². The predicted molar refractivity (Wildman–Crippen MR) is 168 cm³/mol. The number of carboxylic acid groups (broad SMARTS) is 1. The van der Waals surface area contributed by atoms with Gasteiger partial charge in [0.05, 0.1) is 0 Å². The summed E-state index contributed by atoms with van der Waals surface area (Å²) in [6.07, 6.45) is 3.53. The van der Waals surface area contributed by atoms with Crippen LogP contribution in [0.25, 0.3) is 0 Å². The van der Waals surface area contributed by atoms with Crippen molar-refractivity contribution in [3.8, 4) is 11.5 Å². The molecule has 0 saturated carbocycles. The highest BCUT2D eigenvalue weighted by molar-refractivity contribution is 5.96. The van der Waals surface area contributed by atoms with Crippen LogP contribution in [-0.4, -0.2) is 59.5 Å². The Morgan fingerprint density at radius 1 is 0.907 bits per heavy atom. The Kier molecular flexibility index (Phi) is 13.3. The number of rotatable bonds is 11. The highest BCUT2D eigenvalue weighted by atomic mass is 35.5. The van der Waals surface area contributed by atoms with Gasteiger partial charge < -0.3 is 14.6 Å². The number of carbonyl (C=O) groups excluding carboxylic acids is 1. The van der Waals surface area contributed by atoms with Crippen LogP contribution in [0.4, 0.5) is 4.39 Å². The first-order valence-electron chi connectivity index (χ1n) is 14.3. The largest absolute Gasteiger partial charge is 0.492 e. The van der Waals surface area contributed by atoms with E-state index in [4.69, 9.17) is 14.6 Å². The summed E-state index contributed by atoms with van der Waals surface area (Å²) >= 11 is 0. The molecule has 1 saturated heterocycles. The maximum Gasteiger partial charge on any atom is 0.341 e. The number of aliphatic carboxylic acids is 1. The molecule has 2 aliphatic rings.